The molecule has 0 saturated carbocycles. The SMILES string of the molecule is O=C(O)c1ccc2c(c1)CC(F)C2. The van der Waals surface area contributed by atoms with Gasteiger partial charge in [0.1, 0.15) is 6.17 Å². The van der Waals surface area contributed by atoms with E-state index in [1.54, 1.807) is 12.1 Å². The standard InChI is InChI=1S/C10H9FO2/c11-9-4-6-1-2-7(10(12)13)3-8(6)5-9/h1-3,9H,4-5H2,(H,12,13). The summed E-state index contributed by atoms with van der Waals surface area (Å²) >= 11 is 0. The van der Waals surface area contributed by atoms with Gasteiger partial charge in [-0.1, -0.05) is 6.07 Å². The van der Waals surface area contributed by atoms with E-state index in [1.807, 2.05) is 0 Å². The Hall–Kier alpha value is -1.38. The van der Waals surface area contributed by atoms with Gasteiger partial charge < -0.3 is 5.11 Å². The van der Waals surface area contributed by atoms with E-state index in [-0.39, 0.29) is 5.56 Å². The number of benzene rings is 1. The summed E-state index contributed by atoms with van der Waals surface area (Å²) in [5, 5.41) is 8.69. The second kappa shape index (κ2) is 2.83. The van der Waals surface area contributed by atoms with Crippen LogP contribution in [0.5, 0.6) is 0 Å². The molecule has 0 bridgehead atoms. The molecule has 0 spiro atoms. The van der Waals surface area contributed by atoms with Crippen LogP contribution in [0.15, 0.2) is 18.2 Å². The van der Waals surface area contributed by atoms with Crippen LogP contribution in [0.4, 0.5) is 4.39 Å². The van der Waals surface area contributed by atoms with Gasteiger partial charge in [-0.3, -0.25) is 0 Å². The molecule has 2 nitrogen and oxygen atoms in total. The molecule has 1 unspecified atom stereocenters. The van der Waals surface area contributed by atoms with E-state index in [0.717, 1.165) is 11.1 Å². The zero-order valence-electron chi connectivity index (χ0n) is 6.96. The molecule has 1 atom stereocenters. The number of carboxylic acid groups (broad SMARTS) is 1. The lowest BCUT2D eigenvalue weighted by molar-refractivity contribution is 0.0696. The molecule has 1 aliphatic rings. The summed E-state index contributed by atoms with van der Waals surface area (Å²) in [6, 6.07) is 4.80. The van der Waals surface area contributed by atoms with Crippen LogP contribution in [0.1, 0.15) is 21.5 Å². The maximum atomic E-state index is 12.9. The Labute approximate surface area is 75.0 Å². The fourth-order valence-electron chi connectivity index (χ4n) is 1.70. The van der Waals surface area contributed by atoms with Crippen molar-refractivity contribution in [2.45, 2.75) is 19.0 Å². The van der Waals surface area contributed by atoms with Crippen molar-refractivity contribution in [2.24, 2.45) is 0 Å². The Bertz CT molecular complexity index is 360. The van der Waals surface area contributed by atoms with Crippen molar-refractivity contribution in [3.8, 4) is 0 Å². The number of carboxylic acids is 1. The molecule has 0 amide bonds. The molecule has 1 aromatic carbocycles. The van der Waals surface area contributed by atoms with Crippen molar-refractivity contribution in [1.29, 1.82) is 0 Å². The topological polar surface area (TPSA) is 37.3 Å². The van der Waals surface area contributed by atoms with Crippen LogP contribution in [0.25, 0.3) is 0 Å². The maximum absolute atomic E-state index is 12.9. The fourth-order valence-corrected chi connectivity index (χ4v) is 1.70. The number of carbonyl (C=O) groups is 1. The molecule has 0 radical (unpaired) electrons. The molecule has 0 fully saturated rings. The number of aromatic carboxylic acids is 1. The summed E-state index contributed by atoms with van der Waals surface area (Å²) in [5.74, 6) is -0.954. The van der Waals surface area contributed by atoms with Gasteiger partial charge in [0, 0.05) is 12.8 Å². The van der Waals surface area contributed by atoms with Gasteiger partial charge in [0.25, 0.3) is 0 Å². The largest absolute Gasteiger partial charge is 0.478 e. The van der Waals surface area contributed by atoms with Gasteiger partial charge in [-0.15, -0.1) is 0 Å². The predicted octanol–water partition coefficient (Wildman–Crippen LogP) is 1.82. The number of alkyl halides is 1. The van der Waals surface area contributed by atoms with E-state index in [2.05, 4.69) is 0 Å². The molecule has 0 heterocycles. The van der Waals surface area contributed by atoms with E-state index in [0.29, 0.717) is 12.8 Å². The highest BCUT2D eigenvalue weighted by Crippen LogP contribution is 2.25. The zero-order valence-corrected chi connectivity index (χ0v) is 6.96. The van der Waals surface area contributed by atoms with Gasteiger partial charge in [0.15, 0.2) is 0 Å². The van der Waals surface area contributed by atoms with Gasteiger partial charge in [-0.2, -0.15) is 0 Å². The Morgan fingerprint density at radius 1 is 1.38 bits per heavy atom. The number of halogens is 1. The van der Waals surface area contributed by atoms with E-state index >= 15 is 0 Å². The molecule has 3 heteroatoms. The highest BCUT2D eigenvalue weighted by atomic mass is 19.1. The van der Waals surface area contributed by atoms with Crippen molar-refractivity contribution in [2.75, 3.05) is 0 Å². The lowest BCUT2D eigenvalue weighted by atomic mass is 10.1. The normalized spacial score (nSPS) is 19.9. The molecule has 2 rings (SSSR count). The predicted molar refractivity (Wildman–Crippen MR) is 45.7 cm³/mol. The third kappa shape index (κ3) is 1.41. The fraction of sp³-hybridized carbons (Fsp3) is 0.300. The first kappa shape index (κ1) is 8.23. The molecule has 1 aromatic rings. The minimum absolute atomic E-state index is 0.243. The average Bonchev–Trinajstić information content (AvgIpc) is 2.42. The van der Waals surface area contributed by atoms with E-state index in [9.17, 15) is 9.18 Å². The summed E-state index contributed by atoms with van der Waals surface area (Å²) in [4.78, 5) is 10.6. The van der Waals surface area contributed by atoms with Crippen molar-refractivity contribution < 1.29 is 14.3 Å². The minimum Gasteiger partial charge on any atom is -0.478 e. The summed E-state index contributed by atoms with van der Waals surface area (Å²) in [6.45, 7) is 0. The average molecular weight is 180 g/mol. The highest BCUT2D eigenvalue weighted by molar-refractivity contribution is 5.88. The van der Waals surface area contributed by atoms with Gasteiger partial charge in [0.05, 0.1) is 5.56 Å². The van der Waals surface area contributed by atoms with E-state index in [4.69, 9.17) is 5.11 Å². The number of hydrogen-bond acceptors (Lipinski definition) is 1. The smallest absolute Gasteiger partial charge is 0.335 e. The lowest BCUT2D eigenvalue weighted by Crippen LogP contribution is -1.97. The van der Waals surface area contributed by atoms with Gasteiger partial charge in [-0.25, -0.2) is 9.18 Å². The van der Waals surface area contributed by atoms with Gasteiger partial charge in [-0.05, 0) is 23.3 Å². The summed E-state index contributed by atoms with van der Waals surface area (Å²) < 4.78 is 12.9. The zero-order chi connectivity index (χ0) is 9.42. The van der Waals surface area contributed by atoms with Crippen LogP contribution in [-0.2, 0) is 12.8 Å². The van der Waals surface area contributed by atoms with Crippen molar-refractivity contribution >= 4 is 5.97 Å². The number of fused-ring (bicyclic) bond motifs is 1. The van der Waals surface area contributed by atoms with Crippen LogP contribution in [0.2, 0.25) is 0 Å². The summed E-state index contributed by atoms with van der Waals surface area (Å²) in [5.41, 5.74) is 2.03. The Morgan fingerprint density at radius 2 is 2.08 bits per heavy atom. The van der Waals surface area contributed by atoms with Crippen LogP contribution >= 0.6 is 0 Å². The molecule has 68 valence electrons. The van der Waals surface area contributed by atoms with Crippen LogP contribution in [-0.4, -0.2) is 17.2 Å². The first-order chi connectivity index (χ1) is 6.16. The maximum Gasteiger partial charge on any atom is 0.335 e. The first-order valence-electron chi connectivity index (χ1n) is 4.16. The molecule has 0 saturated heterocycles. The van der Waals surface area contributed by atoms with Gasteiger partial charge in [0.2, 0.25) is 0 Å². The van der Waals surface area contributed by atoms with Crippen LogP contribution in [0, 0.1) is 0 Å². The molecular weight excluding hydrogens is 171 g/mol. The molecule has 13 heavy (non-hydrogen) atoms. The van der Waals surface area contributed by atoms with Crippen molar-refractivity contribution in [1.82, 2.24) is 0 Å². The number of hydrogen-bond donors (Lipinski definition) is 1. The Kier molecular flexibility index (Phi) is 1.79. The van der Waals surface area contributed by atoms with E-state index < -0.39 is 12.1 Å². The molecule has 0 aromatic heterocycles. The third-order valence-corrected chi connectivity index (χ3v) is 2.34. The number of rotatable bonds is 1. The summed E-state index contributed by atoms with van der Waals surface area (Å²) in [7, 11) is 0. The summed E-state index contributed by atoms with van der Waals surface area (Å²) in [6.07, 6.45) is -0.0508. The van der Waals surface area contributed by atoms with Crippen molar-refractivity contribution in [3.63, 3.8) is 0 Å². The quantitative estimate of drug-likeness (QED) is 0.715. The van der Waals surface area contributed by atoms with Gasteiger partial charge >= 0.3 is 5.97 Å². The minimum atomic E-state index is -0.954. The highest BCUT2D eigenvalue weighted by Gasteiger charge is 2.21. The van der Waals surface area contributed by atoms with Crippen LogP contribution < -0.4 is 0 Å². The Balaban J connectivity index is 2.40. The van der Waals surface area contributed by atoms with Crippen LogP contribution in [0.3, 0.4) is 0 Å². The van der Waals surface area contributed by atoms with Crippen molar-refractivity contribution in [3.05, 3.63) is 34.9 Å². The molecular formula is C10H9FO2. The molecule has 1 N–H and O–H groups in total. The van der Waals surface area contributed by atoms with E-state index in [1.165, 1.54) is 6.07 Å². The molecule has 0 aliphatic heterocycles. The lowest BCUT2D eigenvalue weighted by Gasteiger charge is -1.99. The molecule has 1 aliphatic carbocycles. The first-order valence-corrected chi connectivity index (χ1v) is 4.16. The Morgan fingerprint density at radius 3 is 2.77 bits per heavy atom. The third-order valence-electron chi connectivity index (χ3n) is 2.34. The monoisotopic (exact) mass is 180 g/mol. The second-order valence-electron chi connectivity index (χ2n) is 3.29. The second-order valence-corrected chi connectivity index (χ2v) is 3.29.